The maximum Gasteiger partial charge on any atom is 0.231 e. The summed E-state index contributed by atoms with van der Waals surface area (Å²) in [6.45, 7) is 0.417. The van der Waals surface area contributed by atoms with Crippen molar-refractivity contribution in [3.8, 4) is 0 Å². The molecule has 4 rings (SSSR count). The van der Waals surface area contributed by atoms with E-state index < -0.39 is 16.7 Å². The molecule has 0 aliphatic carbocycles. The summed E-state index contributed by atoms with van der Waals surface area (Å²) in [6, 6.07) is 7.56. The van der Waals surface area contributed by atoms with E-state index in [2.05, 4.69) is 15.3 Å². The number of halogens is 3. The number of hydrogen-bond acceptors (Lipinski definition) is 6. The summed E-state index contributed by atoms with van der Waals surface area (Å²) in [7, 11) is 1.68. The lowest BCUT2D eigenvalue weighted by molar-refractivity contribution is -0.117. The Hall–Kier alpha value is -3.59. The zero-order chi connectivity index (χ0) is 23.0. The second-order valence-corrected chi connectivity index (χ2v) is 7.64. The minimum absolute atomic E-state index is 0.0346. The Morgan fingerprint density at radius 2 is 2.06 bits per heavy atom. The van der Waals surface area contributed by atoms with Crippen LogP contribution in [0.2, 0.25) is 5.02 Å². The summed E-state index contributed by atoms with van der Waals surface area (Å²) in [6.07, 6.45) is 1.65. The number of hydrogen-bond donors (Lipinski definition) is 3. The number of nitrogens with one attached hydrogen (secondary N) is 2. The molecule has 1 aromatic heterocycles. The topological polar surface area (TPSA) is 108 Å². The molecule has 2 heterocycles. The fourth-order valence-corrected chi connectivity index (χ4v) is 3.94. The summed E-state index contributed by atoms with van der Waals surface area (Å²) >= 11 is 5.62. The van der Waals surface area contributed by atoms with Crippen molar-refractivity contribution in [1.82, 2.24) is 9.97 Å². The number of nitrogen functional groups attached to an aromatic ring is 1. The fourth-order valence-electron chi connectivity index (χ4n) is 3.76. The first-order valence-corrected chi connectivity index (χ1v) is 10.1. The lowest BCUT2D eigenvalue weighted by Crippen LogP contribution is -2.30. The van der Waals surface area contributed by atoms with Gasteiger partial charge >= 0.3 is 0 Å². The van der Waals surface area contributed by atoms with Crippen LogP contribution in [0.5, 0.6) is 0 Å². The zero-order valence-electron chi connectivity index (χ0n) is 17.0. The van der Waals surface area contributed by atoms with Crippen molar-refractivity contribution in [1.29, 1.82) is 5.41 Å². The molecule has 0 saturated carbocycles. The molecule has 1 aliphatic heterocycles. The van der Waals surface area contributed by atoms with Crippen LogP contribution in [0.4, 0.5) is 26.1 Å². The lowest BCUT2D eigenvalue weighted by Gasteiger charge is -2.18. The van der Waals surface area contributed by atoms with Crippen molar-refractivity contribution >= 4 is 40.5 Å². The van der Waals surface area contributed by atoms with Crippen LogP contribution in [0, 0.1) is 17.0 Å². The molecule has 1 amide bonds. The SMILES string of the molecule is CNc1ncnc(N)c1C(=N)c1ccc2c(c1)CCN2C(=O)Cc1ccc(F)c(Cl)c1F. The minimum atomic E-state index is -0.925. The van der Waals surface area contributed by atoms with Crippen molar-refractivity contribution in [2.45, 2.75) is 12.8 Å². The molecule has 7 nitrogen and oxygen atoms in total. The Kier molecular flexibility index (Phi) is 5.75. The number of aromatic nitrogens is 2. The second kappa shape index (κ2) is 8.51. The van der Waals surface area contributed by atoms with Gasteiger partial charge in [0.25, 0.3) is 0 Å². The molecule has 164 valence electrons. The van der Waals surface area contributed by atoms with Gasteiger partial charge in [-0.2, -0.15) is 0 Å². The zero-order valence-corrected chi connectivity index (χ0v) is 17.8. The number of amides is 1. The Morgan fingerprint density at radius 3 is 2.81 bits per heavy atom. The van der Waals surface area contributed by atoms with Gasteiger partial charge in [0.05, 0.1) is 17.7 Å². The highest BCUT2D eigenvalue weighted by Crippen LogP contribution is 2.32. The third-order valence-corrected chi connectivity index (χ3v) is 5.73. The van der Waals surface area contributed by atoms with Gasteiger partial charge in [-0.15, -0.1) is 0 Å². The highest BCUT2D eigenvalue weighted by Gasteiger charge is 2.27. The third kappa shape index (κ3) is 3.75. The van der Waals surface area contributed by atoms with Crippen LogP contribution in [0.1, 0.15) is 22.3 Å². The number of carbonyl (C=O) groups is 1. The number of anilines is 3. The number of fused-ring (bicyclic) bond motifs is 1. The van der Waals surface area contributed by atoms with Crippen LogP contribution in [-0.4, -0.2) is 35.2 Å². The Morgan fingerprint density at radius 1 is 1.28 bits per heavy atom. The molecule has 32 heavy (non-hydrogen) atoms. The number of rotatable bonds is 5. The Labute approximate surface area is 187 Å². The van der Waals surface area contributed by atoms with E-state index in [0.717, 1.165) is 11.6 Å². The largest absolute Gasteiger partial charge is 0.383 e. The molecule has 0 radical (unpaired) electrons. The summed E-state index contributed by atoms with van der Waals surface area (Å²) < 4.78 is 27.6. The van der Waals surface area contributed by atoms with Crippen LogP contribution < -0.4 is 16.0 Å². The average molecular weight is 457 g/mol. The number of nitrogens with two attached hydrogens (primary N) is 1. The van der Waals surface area contributed by atoms with Crippen LogP contribution in [-0.2, 0) is 17.6 Å². The van der Waals surface area contributed by atoms with Gasteiger partial charge in [0.1, 0.15) is 34.6 Å². The predicted molar refractivity (Wildman–Crippen MR) is 119 cm³/mol. The van der Waals surface area contributed by atoms with E-state index in [1.165, 1.54) is 12.4 Å². The van der Waals surface area contributed by atoms with E-state index in [4.69, 9.17) is 22.7 Å². The van der Waals surface area contributed by atoms with Crippen molar-refractivity contribution in [2.24, 2.45) is 0 Å². The molecule has 10 heteroatoms. The first kappa shape index (κ1) is 21.6. The molecule has 2 aromatic carbocycles. The van der Waals surface area contributed by atoms with Gasteiger partial charge in [0.15, 0.2) is 0 Å². The van der Waals surface area contributed by atoms with Gasteiger partial charge in [0.2, 0.25) is 5.91 Å². The van der Waals surface area contributed by atoms with Crippen LogP contribution in [0.25, 0.3) is 0 Å². The van der Waals surface area contributed by atoms with Gasteiger partial charge < -0.3 is 16.0 Å². The number of carbonyl (C=O) groups excluding carboxylic acids is 1. The third-order valence-electron chi connectivity index (χ3n) is 5.39. The van der Waals surface area contributed by atoms with Gasteiger partial charge in [-0.25, -0.2) is 18.7 Å². The Balaban J connectivity index is 1.59. The van der Waals surface area contributed by atoms with Crippen molar-refractivity contribution in [3.05, 3.63) is 75.6 Å². The van der Waals surface area contributed by atoms with E-state index in [-0.39, 0.29) is 29.4 Å². The minimum Gasteiger partial charge on any atom is -0.383 e. The summed E-state index contributed by atoms with van der Waals surface area (Å²) in [5, 5.41) is 10.9. The first-order valence-electron chi connectivity index (χ1n) is 9.75. The lowest BCUT2D eigenvalue weighted by atomic mass is 10.00. The highest BCUT2D eigenvalue weighted by molar-refractivity contribution is 6.31. The van der Waals surface area contributed by atoms with Crippen molar-refractivity contribution < 1.29 is 13.6 Å². The molecular formula is C22H19ClF2N6O. The van der Waals surface area contributed by atoms with Gasteiger partial charge in [-0.1, -0.05) is 23.7 Å². The number of nitrogens with zero attached hydrogens (tertiary/aromatic N) is 3. The molecule has 0 bridgehead atoms. The summed E-state index contributed by atoms with van der Waals surface area (Å²) in [5.41, 5.74) is 8.72. The monoisotopic (exact) mass is 456 g/mol. The van der Waals surface area contributed by atoms with E-state index >= 15 is 0 Å². The predicted octanol–water partition coefficient (Wildman–Crippen LogP) is 3.58. The Bertz CT molecular complexity index is 1250. The van der Waals surface area contributed by atoms with Crippen LogP contribution in [0.3, 0.4) is 0 Å². The van der Waals surface area contributed by atoms with E-state index in [9.17, 15) is 13.6 Å². The molecule has 1 aliphatic rings. The standard InChI is InChI=1S/C22H19ClF2N6O/c1-28-22-17(21(27)29-10-30-22)20(26)13-3-5-15-11(8-13)6-7-31(15)16(32)9-12-2-4-14(24)18(23)19(12)25/h2-5,8,10,26H,6-7,9H2,1H3,(H3,27,28,29,30). The van der Waals surface area contributed by atoms with E-state index in [1.54, 1.807) is 24.1 Å². The molecular weight excluding hydrogens is 438 g/mol. The summed E-state index contributed by atoms with van der Waals surface area (Å²) in [4.78, 5) is 22.5. The fraction of sp³-hybridized carbons (Fsp3) is 0.182. The quantitative estimate of drug-likeness (QED) is 0.401. The van der Waals surface area contributed by atoms with Gasteiger partial charge in [0, 0.05) is 24.8 Å². The molecule has 0 saturated heterocycles. The second-order valence-electron chi connectivity index (χ2n) is 7.26. The first-order chi connectivity index (χ1) is 15.3. The van der Waals surface area contributed by atoms with Gasteiger partial charge in [-0.05, 0) is 35.7 Å². The molecule has 4 N–H and O–H groups in total. The van der Waals surface area contributed by atoms with Crippen LogP contribution >= 0.6 is 11.6 Å². The highest BCUT2D eigenvalue weighted by atomic mass is 35.5. The van der Waals surface area contributed by atoms with E-state index in [1.807, 2.05) is 6.07 Å². The smallest absolute Gasteiger partial charge is 0.231 e. The molecule has 3 aromatic rings. The van der Waals surface area contributed by atoms with E-state index in [0.29, 0.717) is 35.6 Å². The van der Waals surface area contributed by atoms with Gasteiger partial charge in [-0.3, -0.25) is 10.2 Å². The molecule has 0 atom stereocenters. The van der Waals surface area contributed by atoms with Crippen molar-refractivity contribution in [2.75, 3.05) is 29.5 Å². The molecule has 0 spiro atoms. The normalized spacial score (nSPS) is 12.6. The average Bonchev–Trinajstić information content (AvgIpc) is 3.22. The molecule has 0 unspecified atom stereocenters. The maximum atomic E-state index is 14.2. The maximum absolute atomic E-state index is 14.2. The van der Waals surface area contributed by atoms with Crippen molar-refractivity contribution in [3.63, 3.8) is 0 Å². The molecule has 0 fully saturated rings. The summed E-state index contributed by atoms with van der Waals surface area (Å²) in [5.74, 6) is -1.49. The number of benzene rings is 2. The van der Waals surface area contributed by atoms with Crippen LogP contribution in [0.15, 0.2) is 36.7 Å².